The van der Waals surface area contributed by atoms with Crippen LogP contribution in [0.15, 0.2) is 18.2 Å². The maximum atomic E-state index is 13.1. The third kappa shape index (κ3) is 1.64. The highest BCUT2D eigenvalue weighted by Gasteiger charge is 2.29. The molecule has 1 aliphatic rings. The van der Waals surface area contributed by atoms with Gasteiger partial charge in [0.2, 0.25) is 0 Å². The van der Waals surface area contributed by atoms with E-state index in [-0.39, 0.29) is 23.9 Å². The second kappa shape index (κ2) is 3.77. The SMILES string of the molecule is CC(C)N1c2ccc(F)cc2C(=O)NC1C. The second-order valence-electron chi connectivity index (χ2n) is 4.31. The molecule has 1 aromatic rings. The molecule has 0 fully saturated rings. The van der Waals surface area contributed by atoms with Gasteiger partial charge >= 0.3 is 0 Å². The molecule has 1 heterocycles. The summed E-state index contributed by atoms with van der Waals surface area (Å²) >= 11 is 0. The Kier molecular flexibility index (Phi) is 2.58. The Labute approximate surface area is 94.3 Å². The molecule has 1 amide bonds. The summed E-state index contributed by atoms with van der Waals surface area (Å²) in [4.78, 5) is 13.8. The van der Waals surface area contributed by atoms with Crippen molar-refractivity contribution in [1.29, 1.82) is 0 Å². The summed E-state index contributed by atoms with van der Waals surface area (Å²) in [6.45, 7) is 6.01. The van der Waals surface area contributed by atoms with Crippen molar-refractivity contribution in [1.82, 2.24) is 5.32 Å². The molecule has 1 atom stereocenters. The summed E-state index contributed by atoms with van der Waals surface area (Å²) in [7, 11) is 0. The Balaban J connectivity index is 2.54. The van der Waals surface area contributed by atoms with Crippen molar-refractivity contribution < 1.29 is 9.18 Å². The van der Waals surface area contributed by atoms with Crippen LogP contribution in [0.4, 0.5) is 10.1 Å². The van der Waals surface area contributed by atoms with Crippen LogP contribution in [0.5, 0.6) is 0 Å². The van der Waals surface area contributed by atoms with Gasteiger partial charge in [0, 0.05) is 6.04 Å². The molecule has 0 bridgehead atoms. The topological polar surface area (TPSA) is 32.3 Å². The first-order valence-electron chi connectivity index (χ1n) is 5.39. The van der Waals surface area contributed by atoms with Gasteiger partial charge in [0.05, 0.1) is 17.4 Å². The van der Waals surface area contributed by atoms with Crippen molar-refractivity contribution in [3.63, 3.8) is 0 Å². The molecule has 1 unspecified atom stereocenters. The van der Waals surface area contributed by atoms with Crippen molar-refractivity contribution in [2.45, 2.75) is 33.0 Å². The Morgan fingerprint density at radius 3 is 2.75 bits per heavy atom. The summed E-state index contributed by atoms with van der Waals surface area (Å²) in [6.07, 6.45) is -0.0644. The van der Waals surface area contributed by atoms with E-state index in [2.05, 4.69) is 10.2 Å². The number of hydrogen-bond donors (Lipinski definition) is 1. The predicted octanol–water partition coefficient (Wildman–Crippen LogP) is 2.13. The number of rotatable bonds is 1. The van der Waals surface area contributed by atoms with E-state index in [9.17, 15) is 9.18 Å². The van der Waals surface area contributed by atoms with E-state index in [1.54, 1.807) is 6.07 Å². The molecule has 16 heavy (non-hydrogen) atoms. The van der Waals surface area contributed by atoms with Crippen molar-refractivity contribution in [3.8, 4) is 0 Å². The van der Waals surface area contributed by atoms with Crippen LogP contribution in [0.2, 0.25) is 0 Å². The molecule has 0 radical (unpaired) electrons. The van der Waals surface area contributed by atoms with Gasteiger partial charge in [-0.15, -0.1) is 0 Å². The van der Waals surface area contributed by atoms with Crippen LogP contribution in [0.3, 0.4) is 0 Å². The fourth-order valence-electron chi connectivity index (χ4n) is 2.19. The number of nitrogens with zero attached hydrogens (tertiary/aromatic N) is 1. The lowest BCUT2D eigenvalue weighted by Crippen LogP contribution is -2.53. The number of amides is 1. The lowest BCUT2D eigenvalue weighted by atomic mass is 10.1. The number of fused-ring (bicyclic) bond motifs is 1. The lowest BCUT2D eigenvalue weighted by Gasteiger charge is -2.40. The van der Waals surface area contributed by atoms with Gasteiger partial charge in [-0.2, -0.15) is 0 Å². The third-order valence-electron chi connectivity index (χ3n) is 2.79. The second-order valence-corrected chi connectivity index (χ2v) is 4.31. The van der Waals surface area contributed by atoms with Gasteiger partial charge in [0.25, 0.3) is 5.91 Å². The van der Waals surface area contributed by atoms with Crippen molar-refractivity contribution >= 4 is 11.6 Å². The normalized spacial score (nSPS) is 19.7. The van der Waals surface area contributed by atoms with Crippen molar-refractivity contribution in [2.24, 2.45) is 0 Å². The summed E-state index contributed by atoms with van der Waals surface area (Å²) < 4.78 is 13.1. The van der Waals surface area contributed by atoms with Crippen LogP contribution in [-0.4, -0.2) is 18.1 Å². The summed E-state index contributed by atoms with van der Waals surface area (Å²) in [6, 6.07) is 4.59. The molecule has 0 spiro atoms. The fraction of sp³-hybridized carbons (Fsp3) is 0.417. The molecular weight excluding hydrogens is 207 g/mol. The first-order chi connectivity index (χ1) is 7.50. The van der Waals surface area contributed by atoms with Gasteiger partial charge in [-0.25, -0.2) is 4.39 Å². The zero-order chi connectivity index (χ0) is 11.9. The quantitative estimate of drug-likeness (QED) is 0.789. The molecular formula is C12H15FN2O. The van der Waals surface area contributed by atoms with Crippen LogP contribution < -0.4 is 10.2 Å². The molecule has 1 N–H and O–H groups in total. The van der Waals surface area contributed by atoms with Crippen LogP contribution >= 0.6 is 0 Å². The van der Waals surface area contributed by atoms with Gasteiger partial charge in [-0.3, -0.25) is 4.79 Å². The van der Waals surface area contributed by atoms with E-state index in [1.165, 1.54) is 12.1 Å². The maximum Gasteiger partial charge on any atom is 0.255 e. The zero-order valence-electron chi connectivity index (χ0n) is 9.62. The summed E-state index contributed by atoms with van der Waals surface area (Å²) in [5.41, 5.74) is 1.21. The highest BCUT2D eigenvalue weighted by Crippen LogP contribution is 2.28. The monoisotopic (exact) mass is 222 g/mol. The van der Waals surface area contributed by atoms with Gasteiger partial charge in [-0.05, 0) is 39.0 Å². The number of anilines is 1. The van der Waals surface area contributed by atoms with Crippen molar-refractivity contribution in [2.75, 3.05) is 4.90 Å². The Morgan fingerprint density at radius 1 is 1.44 bits per heavy atom. The summed E-state index contributed by atoms with van der Waals surface area (Å²) in [5.74, 6) is -0.592. The molecule has 2 rings (SSSR count). The molecule has 0 aliphatic carbocycles. The third-order valence-corrected chi connectivity index (χ3v) is 2.79. The van der Waals surface area contributed by atoms with Crippen LogP contribution in [0, 0.1) is 5.82 Å². The Morgan fingerprint density at radius 2 is 2.12 bits per heavy atom. The number of nitrogens with one attached hydrogen (secondary N) is 1. The molecule has 1 aliphatic heterocycles. The average molecular weight is 222 g/mol. The van der Waals surface area contributed by atoms with Crippen molar-refractivity contribution in [3.05, 3.63) is 29.6 Å². The largest absolute Gasteiger partial charge is 0.348 e. The number of halogens is 1. The van der Waals surface area contributed by atoms with Crippen LogP contribution in [0.25, 0.3) is 0 Å². The van der Waals surface area contributed by atoms with E-state index >= 15 is 0 Å². The minimum absolute atomic E-state index is 0.0644. The van der Waals surface area contributed by atoms with Gasteiger partial charge < -0.3 is 10.2 Å². The summed E-state index contributed by atoms with van der Waals surface area (Å²) in [5, 5.41) is 2.81. The highest BCUT2D eigenvalue weighted by molar-refractivity contribution is 6.02. The highest BCUT2D eigenvalue weighted by atomic mass is 19.1. The maximum absolute atomic E-state index is 13.1. The van der Waals surface area contributed by atoms with E-state index in [0.717, 1.165) is 5.69 Å². The molecule has 4 heteroatoms. The number of hydrogen-bond acceptors (Lipinski definition) is 2. The van der Waals surface area contributed by atoms with E-state index in [0.29, 0.717) is 5.56 Å². The lowest BCUT2D eigenvalue weighted by molar-refractivity contribution is 0.0928. The van der Waals surface area contributed by atoms with E-state index in [1.807, 2.05) is 20.8 Å². The number of benzene rings is 1. The smallest absolute Gasteiger partial charge is 0.255 e. The molecule has 0 saturated carbocycles. The zero-order valence-corrected chi connectivity index (χ0v) is 9.62. The van der Waals surface area contributed by atoms with Crippen LogP contribution in [-0.2, 0) is 0 Å². The van der Waals surface area contributed by atoms with E-state index < -0.39 is 0 Å². The Hall–Kier alpha value is -1.58. The minimum atomic E-state index is -0.382. The predicted molar refractivity (Wildman–Crippen MR) is 60.9 cm³/mol. The van der Waals surface area contributed by atoms with E-state index in [4.69, 9.17) is 0 Å². The fourth-order valence-corrected chi connectivity index (χ4v) is 2.19. The van der Waals surface area contributed by atoms with Gasteiger partial charge in [-0.1, -0.05) is 0 Å². The standard InChI is InChI=1S/C12H15FN2O/c1-7(2)15-8(3)14-12(16)10-6-9(13)4-5-11(10)15/h4-8H,1-3H3,(H,14,16). The molecule has 3 nitrogen and oxygen atoms in total. The number of carbonyl (C=O) groups excluding carboxylic acids is 1. The van der Waals surface area contributed by atoms with Crippen LogP contribution in [0.1, 0.15) is 31.1 Å². The molecule has 0 aromatic heterocycles. The van der Waals surface area contributed by atoms with Gasteiger partial charge in [0.1, 0.15) is 5.82 Å². The van der Waals surface area contributed by atoms with Gasteiger partial charge in [0.15, 0.2) is 0 Å². The number of carbonyl (C=O) groups is 1. The average Bonchev–Trinajstić information content (AvgIpc) is 2.18. The molecule has 0 saturated heterocycles. The first-order valence-corrected chi connectivity index (χ1v) is 5.39. The molecule has 1 aromatic carbocycles. The minimum Gasteiger partial charge on any atom is -0.348 e. The molecule has 86 valence electrons. The Bertz CT molecular complexity index is 431. The first kappa shape index (κ1) is 10.9.